The molecule has 1 rings (SSSR count). The summed E-state index contributed by atoms with van der Waals surface area (Å²) >= 11 is 0. The van der Waals surface area contributed by atoms with E-state index in [1.165, 1.54) is 38.9 Å². The number of hydrogen-bond acceptors (Lipinski definition) is 2. The summed E-state index contributed by atoms with van der Waals surface area (Å²) in [5, 5.41) is 0. The third-order valence-electron chi connectivity index (χ3n) is 4.12. The molecule has 0 radical (unpaired) electrons. The molecule has 0 spiro atoms. The van der Waals surface area contributed by atoms with Gasteiger partial charge in [-0.3, -0.25) is 4.99 Å². The van der Waals surface area contributed by atoms with Crippen LogP contribution in [-0.2, 0) is 0 Å². The fourth-order valence-corrected chi connectivity index (χ4v) is 2.57. The SMILES string of the molecule is CCN(CC)C(N)=NCCCCN1CCC(C)CC1.I. The summed E-state index contributed by atoms with van der Waals surface area (Å²) < 4.78 is 0. The minimum Gasteiger partial charge on any atom is -0.370 e. The van der Waals surface area contributed by atoms with Crippen molar-refractivity contribution in [1.29, 1.82) is 0 Å². The van der Waals surface area contributed by atoms with Gasteiger partial charge < -0.3 is 15.5 Å². The smallest absolute Gasteiger partial charge is 0.191 e. The van der Waals surface area contributed by atoms with Crippen LogP contribution in [0.5, 0.6) is 0 Å². The van der Waals surface area contributed by atoms with Gasteiger partial charge in [-0.2, -0.15) is 0 Å². The largest absolute Gasteiger partial charge is 0.370 e. The van der Waals surface area contributed by atoms with E-state index in [1.54, 1.807) is 0 Å². The number of piperidine rings is 1. The standard InChI is InChI=1S/C15H32N4.HI/c1-4-19(5-2)15(16)17-10-6-7-11-18-12-8-14(3)9-13-18;/h14H,4-13H2,1-3H3,(H2,16,17);1H. The molecule has 0 aliphatic carbocycles. The van der Waals surface area contributed by atoms with Gasteiger partial charge in [0.15, 0.2) is 5.96 Å². The number of hydrogen-bond donors (Lipinski definition) is 1. The van der Waals surface area contributed by atoms with Crippen LogP contribution in [0.3, 0.4) is 0 Å². The molecule has 0 unspecified atom stereocenters. The molecule has 0 amide bonds. The Bertz CT molecular complexity index is 259. The number of rotatable bonds is 7. The quantitative estimate of drug-likeness (QED) is 0.312. The second-order valence-electron chi connectivity index (χ2n) is 5.64. The Morgan fingerprint density at radius 1 is 1.20 bits per heavy atom. The molecule has 120 valence electrons. The van der Waals surface area contributed by atoms with Crippen LogP contribution in [0.1, 0.15) is 46.5 Å². The van der Waals surface area contributed by atoms with Crippen molar-refractivity contribution in [3.05, 3.63) is 0 Å². The number of aliphatic imine (C=N–C) groups is 1. The lowest BCUT2D eigenvalue weighted by molar-refractivity contribution is 0.190. The average Bonchev–Trinajstić information content (AvgIpc) is 2.42. The predicted octanol–water partition coefficient (Wildman–Crippen LogP) is 2.77. The molecule has 0 bridgehead atoms. The molecule has 1 aliphatic heterocycles. The van der Waals surface area contributed by atoms with Crippen molar-refractivity contribution >= 4 is 29.9 Å². The maximum Gasteiger partial charge on any atom is 0.191 e. The fourth-order valence-electron chi connectivity index (χ4n) is 2.57. The maximum absolute atomic E-state index is 5.94. The van der Waals surface area contributed by atoms with Crippen LogP contribution in [-0.4, -0.2) is 55.0 Å². The monoisotopic (exact) mass is 396 g/mol. The first kappa shape index (κ1) is 20.0. The summed E-state index contributed by atoms with van der Waals surface area (Å²) in [4.78, 5) is 9.16. The van der Waals surface area contributed by atoms with Crippen molar-refractivity contribution in [3.8, 4) is 0 Å². The number of nitrogens with zero attached hydrogens (tertiary/aromatic N) is 3. The van der Waals surface area contributed by atoms with Crippen LogP contribution in [0, 0.1) is 5.92 Å². The first-order chi connectivity index (χ1) is 9.17. The summed E-state index contributed by atoms with van der Waals surface area (Å²) in [5.41, 5.74) is 5.94. The van der Waals surface area contributed by atoms with E-state index in [1.807, 2.05) is 0 Å². The molecule has 2 N–H and O–H groups in total. The van der Waals surface area contributed by atoms with Gasteiger partial charge in [-0.15, -0.1) is 24.0 Å². The number of halogens is 1. The van der Waals surface area contributed by atoms with Crippen LogP contribution in [0.15, 0.2) is 4.99 Å². The Hall–Kier alpha value is -0.0400. The van der Waals surface area contributed by atoms with E-state index >= 15 is 0 Å². The Morgan fingerprint density at radius 3 is 2.35 bits per heavy atom. The molecule has 1 saturated heterocycles. The molecule has 1 fully saturated rings. The van der Waals surface area contributed by atoms with Crippen molar-refractivity contribution in [2.75, 3.05) is 39.3 Å². The molecule has 0 saturated carbocycles. The minimum atomic E-state index is 0. The molecule has 5 heteroatoms. The Morgan fingerprint density at radius 2 is 1.80 bits per heavy atom. The molecule has 20 heavy (non-hydrogen) atoms. The molecule has 0 aromatic carbocycles. The highest BCUT2D eigenvalue weighted by atomic mass is 127. The van der Waals surface area contributed by atoms with Crippen molar-refractivity contribution < 1.29 is 0 Å². The molecule has 0 atom stereocenters. The van der Waals surface area contributed by atoms with E-state index in [9.17, 15) is 0 Å². The van der Waals surface area contributed by atoms with Gasteiger partial charge >= 0.3 is 0 Å². The summed E-state index contributed by atoms with van der Waals surface area (Å²) in [6.45, 7) is 13.1. The van der Waals surface area contributed by atoms with Gasteiger partial charge in [0.25, 0.3) is 0 Å². The number of unbranched alkanes of at least 4 members (excludes halogenated alkanes) is 1. The van der Waals surface area contributed by atoms with Crippen LogP contribution >= 0.6 is 24.0 Å². The van der Waals surface area contributed by atoms with E-state index < -0.39 is 0 Å². The number of guanidine groups is 1. The van der Waals surface area contributed by atoms with Crippen LogP contribution in [0.2, 0.25) is 0 Å². The lowest BCUT2D eigenvalue weighted by Gasteiger charge is -2.30. The first-order valence-electron chi connectivity index (χ1n) is 7.94. The molecule has 0 aromatic rings. The van der Waals surface area contributed by atoms with Gasteiger partial charge in [0.2, 0.25) is 0 Å². The lowest BCUT2D eigenvalue weighted by atomic mass is 9.99. The third-order valence-corrected chi connectivity index (χ3v) is 4.12. The van der Waals surface area contributed by atoms with Crippen molar-refractivity contribution in [2.24, 2.45) is 16.6 Å². The number of nitrogens with two attached hydrogens (primary N) is 1. The van der Waals surface area contributed by atoms with Gasteiger partial charge in [0.1, 0.15) is 0 Å². The van der Waals surface area contributed by atoms with Crippen LogP contribution < -0.4 is 5.73 Å². The third kappa shape index (κ3) is 7.67. The number of likely N-dealkylation sites (tertiary alicyclic amines) is 1. The highest BCUT2D eigenvalue weighted by molar-refractivity contribution is 14.0. The van der Waals surface area contributed by atoms with Gasteiger partial charge in [0.05, 0.1) is 0 Å². The van der Waals surface area contributed by atoms with Gasteiger partial charge in [-0.1, -0.05) is 6.92 Å². The molecular formula is C15H33IN4. The lowest BCUT2D eigenvalue weighted by Crippen LogP contribution is -2.37. The Kier molecular flexibility index (Phi) is 11.6. The predicted molar refractivity (Wildman–Crippen MR) is 98.9 cm³/mol. The van der Waals surface area contributed by atoms with Crippen LogP contribution in [0.25, 0.3) is 0 Å². The summed E-state index contributed by atoms with van der Waals surface area (Å²) in [5.74, 6) is 1.63. The average molecular weight is 396 g/mol. The van der Waals surface area contributed by atoms with Crippen molar-refractivity contribution in [3.63, 3.8) is 0 Å². The zero-order chi connectivity index (χ0) is 14.1. The Labute approximate surface area is 142 Å². The van der Waals surface area contributed by atoms with E-state index in [0.717, 1.165) is 32.0 Å². The normalized spacial score (nSPS) is 17.9. The summed E-state index contributed by atoms with van der Waals surface area (Å²) in [6.07, 6.45) is 5.12. The van der Waals surface area contributed by atoms with Gasteiger partial charge in [-0.05, 0) is 65.1 Å². The van der Waals surface area contributed by atoms with Crippen molar-refractivity contribution in [2.45, 2.75) is 46.5 Å². The van der Waals surface area contributed by atoms with E-state index in [4.69, 9.17) is 5.73 Å². The zero-order valence-electron chi connectivity index (χ0n) is 13.5. The second kappa shape index (κ2) is 11.6. The van der Waals surface area contributed by atoms with Crippen LogP contribution in [0.4, 0.5) is 0 Å². The highest BCUT2D eigenvalue weighted by Gasteiger charge is 2.14. The molecular weight excluding hydrogens is 363 g/mol. The fraction of sp³-hybridized carbons (Fsp3) is 0.933. The Balaban J connectivity index is 0.00000361. The molecule has 4 nitrogen and oxygen atoms in total. The maximum atomic E-state index is 5.94. The van der Waals surface area contributed by atoms with Gasteiger partial charge in [-0.25, -0.2) is 0 Å². The zero-order valence-corrected chi connectivity index (χ0v) is 15.8. The summed E-state index contributed by atoms with van der Waals surface area (Å²) in [6, 6.07) is 0. The van der Waals surface area contributed by atoms with E-state index in [0.29, 0.717) is 5.96 Å². The molecule has 1 aliphatic rings. The second-order valence-corrected chi connectivity index (χ2v) is 5.64. The van der Waals surface area contributed by atoms with E-state index in [-0.39, 0.29) is 24.0 Å². The molecule has 1 heterocycles. The first-order valence-corrected chi connectivity index (χ1v) is 7.94. The summed E-state index contributed by atoms with van der Waals surface area (Å²) in [7, 11) is 0. The minimum absolute atomic E-state index is 0. The highest BCUT2D eigenvalue weighted by Crippen LogP contribution is 2.16. The van der Waals surface area contributed by atoms with Gasteiger partial charge in [0, 0.05) is 19.6 Å². The van der Waals surface area contributed by atoms with E-state index in [2.05, 4.69) is 35.6 Å². The molecule has 0 aromatic heterocycles. The topological polar surface area (TPSA) is 44.9 Å². The van der Waals surface area contributed by atoms with Crippen molar-refractivity contribution in [1.82, 2.24) is 9.80 Å².